The van der Waals surface area contributed by atoms with Gasteiger partial charge >= 0.3 is 0 Å². The van der Waals surface area contributed by atoms with Crippen LogP contribution in [0.25, 0.3) is 10.9 Å². The fourth-order valence-electron chi connectivity index (χ4n) is 4.13. The predicted octanol–water partition coefficient (Wildman–Crippen LogP) is 5.32. The number of piperidine rings is 1. The summed E-state index contributed by atoms with van der Waals surface area (Å²) in [7, 11) is 0. The number of para-hydroxylation sites is 1. The van der Waals surface area contributed by atoms with Gasteiger partial charge in [0, 0.05) is 18.4 Å². The minimum Gasteiger partial charge on any atom is -0.443 e. The molecule has 0 bridgehead atoms. The van der Waals surface area contributed by atoms with Crippen molar-refractivity contribution in [3.05, 3.63) is 95.6 Å². The van der Waals surface area contributed by atoms with Gasteiger partial charge in [0.15, 0.2) is 0 Å². The van der Waals surface area contributed by atoms with E-state index in [4.69, 9.17) is 4.42 Å². The number of rotatable bonds is 4. The number of pyridine rings is 1. The van der Waals surface area contributed by atoms with E-state index in [1.165, 1.54) is 12.1 Å². The summed E-state index contributed by atoms with van der Waals surface area (Å²) in [5.74, 6) is 0.878. The zero-order valence-electron chi connectivity index (χ0n) is 17.0. The molecule has 1 atom stereocenters. The molecule has 1 saturated heterocycles. The number of carbonyl (C=O) groups is 1. The van der Waals surface area contributed by atoms with Crippen LogP contribution in [-0.2, 0) is 6.42 Å². The highest BCUT2D eigenvalue weighted by molar-refractivity contribution is 5.95. The van der Waals surface area contributed by atoms with Gasteiger partial charge in [-0.05, 0) is 49.1 Å². The van der Waals surface area contributed by atoms with E-state index >= 15 is 0 Å². The predicted molar refractivity (Wildman–Crippen MR) is 115 cm³/mol. The Kier molecular flexibility index (Phi) is 5.20. The Labute approximate surface area is 179 Å². The van der Waals surface area contributed by atoms with Crippen molar-refractivity contribution < 1.29 is 13.6 Å². The molecule has 2 aromatic carbocycles. The molecule has 0 aliphatic carbocycles. The summed E-state index contributed by atoms with van der Waals surface area (Å²) in [5.41, 5.74) is 2.18. The molecule has 0 saturated carbocycles. The number of oxazole rings is 1. The van der Waals surface area contributed by atoms with Crippen molar-refractivity contribution in [3.63, 3.8) is 0 Å². The molecule has 6 heteroatoms. The van der Waals surface area contributed by atoms with Crippen LogP contribution in [0.5, 0.6) is 0 Å². The topological polar surface area (TPSA) is 59.2 Å². The molecule has 156 valence electrons. The van der Waals surface area contributed by atoms with Crippen LogP contribution < -0.4 is 0 Å². The number of hydrogen-bond acceptors (Lipinski definition) is 4. The Morgan fingerprint density at radius 2 is 1.90 bits per heavy atom. The summed E-state index contributed by atoms with van der Waals surface area (Å²) in [6, 6.07) is 17.6. The molecule has 0 spiro atoms. The molecule has 2 aromatic heterocycles. The van der Waals surface area contributed by atoms with Crippen LogP contribution in [0.15, 0.2) is 71.3 Å². The maximum Gasteiger partial charge on any atom is 0.273 e. The SMILES string of the molecule is O=C(c1ccc2ccccc2n1)N1CCCC[C@H]1c1ncc(Cc2ccc(F)cc2)o1. The molecule has 3 heterocycles. The first kappa shape index (κ1) is 19.4. The highest BCUT2D eigenvalue weighted by Gasteiger charge is 2.32. The molecule has 1 aliphatic rings. The van der Waals surface area contributed by atoms with Crippen molar-refractivity contribution in [2.24, 2.45) is 0 Å². The molecule has 5 rings (SSSR count). The summed E-state index contributed by atoms with van der Waals surface area (Å²) < 4.78 is 19.2. The Morgan fingerprint density at radius 3 is 2.77 bits per heavy atom. The van der Waals surface area contributed by atoms with E-state index in [1.807, 2.05) is 35.2 Å². The number of likely N-dealkylation sites (tertiary alicyclic amines) is 1. The normalized spacial score (nSPS) is 16.5. The fraction of sp³-hybridized carbons (Fsp3) is 0.240. The first-order valence-electron chi connectivity index (χ1n) is 10.5. The van der Waals surface area contributed by atoms with E-state index < -0.39 is 0 Å². The Hall–Kier alpha value is -3.54. The van der Waals surface area contributed by atoms with E-state index in [2.05, 4.69) is 9.97 Å². The monoisotopic (exact) mass is 415 g/mol. The van der Waals surface area contributed by atoms with Gasteiger partial charge in [-0.3, -0.25) is 4.79 Å². The van der Waals surface area contributed by atoms with Crippen molar-refractivity contribution in [1.82, 2.24) is 14.9 Å². The average molecular weight is 415 g/mol. The van der Waals surface area contributed by atoms with Crippen LogP contribution in [0.2, 0.25) is 0 Å². The number of amides is 1. The van der Waals surface area contributed by atoms with Gasteiger partial charge in [0.1, 0.15) is 23.3 Å². The lowest BCUT2D eigenvalue weighted by Crippen LogP contribution is -2.39. The third kappa shape index (κ3) is 4.06. The highest BCUT2D eigenvalue weighted by atomic mass is 19.1. The molecular formula is C25H22FN3O2. The van der Waals surface area contributed by atoms with Crippen LogP contribution in [0.4, 0.5) is 4.39 Å². The molecule has 1 fully saturated rings. The number of benzene rings is 2. The molecule has 0 unspecified atom stereocenters. The van der Waals surface area contributed by atoms with Crippen molar-refractivity contribution in [3.8, 4) is 0 Å². The van der Waals surface area contributed by atoms with E-state index in [0.717, 1.165) is 35.7 Å². The minimum absolute atomic E-state index is 0.103. The van der Waals surface area contributed by atoms with Gasteiger partial charge in [0.25, 0.3) is 5.91 Å². The molecule has 31 heavy (non-hydrogen) atoms. The maximum atomic E-state index is 13.3. The Morgan fingerprint density at radius 1 is 1.06 bits per heavy atom. The Balaban J connectivity index is 1.38. The number of nitrogens with zero attached hydrogens (tertiary/aromatic N) is 3. The number of carbonyl (C=O) groups excluding carboxylic acids is 1. The largest absolute Gasteiger partial charge is 0.443 e. The van der Waals surface area contributed by atoms with Crippen molar-refractivity contribution in [1.29, 1.82) is 0 Å². The minimum atomic E-state index is -0.263. The molecular weight excluding hydrogens is 393 g/mol. The summed E-state index contributed by atoms with van der Waals surface area (Å²) in [4.78, 5) is 24.2. The van der Waals surface area contributed by atoms with E-state index in [9.17, 15) is 9.18 Å². The standard InChI is InChI=1S/C25H22FN3O2/c26-19-11-8-17(9-12-19)15-20-16-27-24(31-20)23-7-3-4-14-29(23)25(30)22-13-10-18-5-1-2-6-21(18)28-22/h1-2,5-6,8-13,16,23H,3-4,7,14-15H2/t23-/m0/s1. The molecule has 0 N–H and O–H groups in total. The van der Waals surface area contributed by atoms with Crippen LogP contribution in [0.3, 0.4) is 0 Å². The second-order valence-electron chi connectivity index (χ2n) is 7.87. The van der Waals surface area contributed by atoms with Gasteiger partial charge in [-0.25, -0.2) is 14.4 Å². The van der Waals surface area contributed by atoms with E-state index in [1.54, 1.807) is 24.4 Å². The highest BCUT2D eigenvalue weighted by Crippen LogP contribution is 2.32. The second-order valence-corrected chi connectivity index (χ2v) is 7.87. The van der Waals surface area contributed by atoms with Gasteiger partial charge in [-0.1, -0.05) is 36.4 Å². The first-order valence-corrected chi connectivity index (χ1v) is 10.5. The van der Waals surface area contributed by atoms with Crippen molar-refractivity contribution >= 4 is 16.8 Å². The second kappa shape index (κ2) is 8.30. The van der Waals surface area contributed by atoms with Crippen LogP contribution >= 0.6 is 0 Å². The van der Waals surface area contributed by atoms with Crippen molar-refractivity contribution in [2.45, 2.75) is 31.7 Å². The number of aromatic nitrogens is 2. The van der Waals surface area contributed by atoms with Crippen LogP contribution in [-0.4, -0.2) is 27.3 Å². The van der Waals surface area contributed by atoms with Gasteiger partial charge in [0.2, 0.25) is 5.89 Å². The van der Waals surface area contributed by atoms with Gasteiger partial charge in [-0.2, -0.15) is 0 Å². The van der Waals surface area contributed by atoms with Crippen molar-refractivity contribution in [2.75, 3.05) is 6.54 Å². The number of hydrogen-bond donors (Lipinski definition) is 0. The summed E-state index contributed by atoms with van der Waals surface area (Å²) in [6.45, 7) is 0.647. The average Bonchev–Trinajstić information content (AvgIpc) is 3.28. The Bertz CT molecular complexity index is 1220. The molecule has 1 amide bonds. The molecule has 1 aliphatic heterocycles. The number of halogens is 1. The van der Waals surface area contributed by atoms with Gasteiger partial charge < -0.3 is 9.32 Å². The van der Waals surface area contributed by atoms with Crippen LogP contribution in [0, 0.1) is 5.82 Å². The fourth-order valence-corrected chi connectivity index (χ4v) is 4.13. The smallest absolute Gasteiger partial charge is 0.273 e. The third-order valence-corrected chi connectivity index (χ3v) is 5.73. The lowest BCUT2D eigenvalue weighted by molar-refractivity contribution is 0.0564. The first-order chi connectivity index (χ1) is 15.2. The van der Waals surface area contributed by atoms with Gasteiger partial charge in [0.05, 0.1) is 11.7 Å². The lowest BCUT2D eigenvalue weighted by atomic mass is 10.0. The number of fused-ring (bicyclic) bond motifs is 1. The molecule has 4 aromatic rings. The zero-order valence-corrected chi connectivity index (χ0v) is 17.0. The summed E-state index contributed by atoms with van der Waals surface area (Å²) in [6.07, 6.45) is 4.98. The maximum absolute atomic E-state index is 13.3. The lowest BCUT2D eigenvalue weighted by Gasteiger charge is -2.33. The zero-order chi connectivity index (χ0) is 21.2. The third-order valence-electron chi connectivity index (χ3n) is 5.73. The van der Waals surface area contributed by atoms with Crippen LogP contribution in [0.1, 0.15) is 53.0 Å². The summed E-state index contributed by atoms with van der Waals surface area (Å²) >= 11 is 0. The summed E-state index contributed by atoms with van der Waals surface area (Å²) in [5, 5.41) is 1.01. The molecule has 5 nitrogen and oxygen atoms in total. The van der Waals surface area contributed by atoms with Gasteiger partial charge in [-0.15, -0.1) is 0 Å². The molecule has 0 radical (unpaired) electrons. The van der Waals surface area contributed by atoms with E-state index in [-0.39, 0.29) is 17.8 Å². The quantitative estimate of drug-likeness (QED) is 0.453. The van der Waals surface area contributed by atoms with E-state index in [0.29, 0.717) is 30.3 Å².